The zero-order valence-electron chi connectivity index (χ0n) is 17.3. The van der Waals surface area contributed by atoms with Gasteiger partial charge in [0.1, 0.15) is 5.75 Å². The van der Waals surface area contributed by atoms with Gasteiger partial charge in [-0.1, -0.05) is 5.22 Å². The Hall–Kier alpha value is -3.79. The summed E-state index contributed by atoms with van der Waals surface area (Å²) in [5.41, 5.74) is 1.53. The molecule has 2 atom stereocenters. The molecule has 2 rings (SSSR count). The normalized spacial score (nSPS) is 12.8. The molecule has 31 heavy (non-hydrogen) atoms. The number of carboxylic acid groups (broad SMARTS) is 1. The summed E-state index contributed by atoms with van der Waals surface area (Å²) in [5, 5.41) is 30.0. The van der Waals surface area contributed by atoms with E-state index < -0.39 is 30.6 Å². The first-order valence-electron chi connectivity index (χ1n) is 9.34. The summed E-state index contributed by atoms with van der Waals surface area (Å²) in [6, 6.07) is 11.4. The third kappa shape index (κ3) is 7.19. The van der Waals surface area contributed by atoms with Gasteiger partial charge in [0.2, 0.25) is 0 Å². The van der Waals surface area contributed by atoms with E-state index in [1.165, 1.54) is 19.1 Å². The van der Waals surface area contributed by atoms with Crippen LogP contribution in [0.3, 0.4) is 0 Å². The average molecular weight is 428 g/mol. The average Bonchev–Trinajstić information content (AvgIpc) is 2.74. The second-order valence-electron chi connectivity index (χ2n) is 6.85. The number of nitrogens with zero attached hydrogens (tertiary/aromatic N) is 3. The van der Waals surface area contributed by atoms with Crippen LogP contribution in [0.15, 0.2) is 58.9 Å². The topological polar surface area (TPSA) is 141 Å². The number of ether oxygens (including phenoxy) is 1. The summed E-state index contributed by atoms with van der Waals surface area (Å²) in [5.74, 6) is -1.91. The molecule has 3 N–H and O–H groups in total. The number of hydrogen-bond acceptors (Lipinski definition) is 7. The van der Waals surface area contributed by atoms with Crippen molar-refractivity contribution in [3.05, 3.63) is 59.7 Å². The molecule has 2 aromatic carbocycles. The first kappa shape index (κ1) is 23.5. The molecule has 2 aromatic rings. The van der Waals surface area contributed by atoms with Gasteiger partial charge in [0.15, 0.2) is 18.4 Å². The standard InChI is InChI=1S/C21H24N4O6/c1-13(26)19(21(29)30)22-18(27)12-31-17-10-6-15(7-11-17)20(28)14-4-8-16(9-5-14)23-24-25(2)3/h4-11,13,19,26H,12H2,1-3H3,(H,22,27)(H,29,30)/b24-23+. The van der Waals surface area contributed by atoms with Crippen LogP contribution in [0.2, 0.25) is 0 Å². The fraction of sp³-hybridized carbons (Fsp3) is 0.286. The van der Waals surface area contributed by atoms with E-state index in [1.54, 1.807) is 55.5 Å². The van der Waals surface area contributed by atoms with Crippen molar-refractivity contribution in [1.82, 2.24) is 10.3 Å². The third-order valence-corrected chi connectivity index (χ3v) is 4.02. The number of amides is 1. The lowest BCUT2D eigenvalue weighted by Gasteiger charge is -2.17. The first-order valence-corrected chi connectivity index (χ1v) is 9.34. The highest BCUT2D eigenvalue weighted by atomic mass is 16.5. The lowest BCUT2D eigenvalue weighted by molar-refractivity contribution is -0.145. The van der Waals surface area contributed by atoms with Crippen LogP contribution in [0.4, 0.5) is 5.69 Å². The maximum Gasteiger partial charge on any atom is 0.328 e. The van der Waals surface area contributed by atoms with Crippen molar-refractivity contribution in [2.45, 2.75) is 19.1 Å². The molecule has 1 amide bonds. The Morgan fingerprint density at radius 1 is 1.03 bits per heavy atom. The maximum atomic E-state index is 12.6. The number of benzene rings is 2. The van der Waals surface area contributed by atoms with Gasteiger partial charge in [0.05, 0.1) is 11.8 Å². The molecule has 10 heteroatoms. The van der Waals surface area contributed by atoms with Crippen molar-refractivity contribution in [3.8, 4) is 5.75 Å². The molecule has 0 aliphatic rings. The van der Waals surface area contributed by atoms with Crippen LogP contribution in [0.5, 0.6) is 5.75 Å². The van der Waals surface area contributed by atoms with E-state index in [4.69, 9.17) is 9.84 Å². The first-order chi connectivity index (χ1) is 14.7. The fourth-order valence-electron chi connectivity index (χ4n) is 2.44. The summed E-state index contributed by atoms with van der Waals surface area (Å²) in [6.07, 6.45) is -1.25. The van der Waals surface area contributed by atoms with E-state index in [0.29, 0.717) is 22.6 Å². The van der Waals surface area contributed by atoms with Gasteiger partial charge in [-0.25, -0.2) is 4.79 Å². The second kappa shape index (κ2) is 10.8. The monoisotopic (exact) mass is 428 g/mol. The number of hydrogen-bond donors (Lipinski definition) is 3. The lowest BCUT2D eigenvalue weighted by atomic mass is 10.0. The number of carboxylic acids is 1. The van der Waals surface area contributed by atoms with E-state index in [0.717, 1.165) is 0 Å². The Balaban J connectivity index is 1.94. The molecule has 0 bridgehead atoms. The predicted molar refractivity (Wildman–Crippen MR) is 111 cm³/mol. The molecular weight excluding hydrogens is 404 g/mol. The van der Waals surface area contributed by atoms with E-state index in [2.05, 4.69) is 15.7 Å². The van der Waals surface area contributed by atoms with Crippen molar-refractivity contribution < 1.29 is 29.3 Å². The summed E-state index contributed by atoms with van der Waals surface area (Å²) >= 11 is 0. The minimum atomic E-state index is -1.42. The number of carbonyl (C=O) groups excluding carboxylic acids is 2. The Kier molecular flexibility index (Phi) is 8.21. The van der Waals surface area contributed by atoms with Crippen LogP contribution in [0.1, 0.15) is 22.8 Å². The van der Waals surface area contributed by atoms with Crippen LogP contribution in [0.25, 0.3) is 0 Å². The van der Waals surface area contributed by atoms with Crippen molar-refractivity contribution in [1.29, 1.82) is 0 Å². The molecule has 2 unspecified atom stereocenters. The number of ketones is 1. The molecule has 0 aromatic heterocycles. The Labute approximate surface area is 179 Å². The number of aliphatic hydroxyl groups excluding tert-OH is 1. The number of rotatable bonds is 10. The number of aliphatic hydroxyl groups is 1. The van der Waals surface area contributed by atoms with Crippen LogP contribution < -0.4 is 10.1 Å². The van der Waals surface area contributed by atoms with Crippen LogP contribution >= 0.6 is 0 Å². The van der Waals surface area contributed by atoms with Crippen molar-refractivity contribution in [2.24, 2.45) is 10.3 Å². The summed E-state index contributed by atoms with van der Waals surface area (Å²) < 4.78 is 5.31. The Bertz CT molecular complexity index is 939. The molecule has 0 heterocycles. The predicted octanol–water partition coefficient (Wildman–Crippen LogP) is 1.81. The van der Waals surface area contributed by atoms with Gasteiger partial charge in [-0.05, 0) is 55.5 Å². The van der Waals surface area contributed by atoms with E-state index in [-0.39, 0.29) is 5.78 Å². The molecule has 0 aliphatic heterocycles. The molecule has 0 aliphatic carbocycles. The highest BCUT2D eigenvalue weighted by Crippen LogP contribution is 2.18. The smallest absolute Gasteiger partial charge is 0.328 e. The van der Waals surface area contributed by atoms with E-state index in [9.17, 15) is 19.5 Å². The number of nitrogens with one attached hydrogen (secondary N) is 1. The molecule has 0 saturated heterocycles. The van der Waals surface area contributed by atoms with Gasteiger partial charge in [-0.15, -0.1) is 5.11 Å². The van der Waals surface area contributed by atoms with E-state index >= 15 is 0 Å². The number of aliphatic carboxylic acids is 1. The highest BCUT2D eigenvalue weighted by molar-refractivity contribution is 6.09. The molecule has 0 radical (unpaired) electrons. The zero-order chi connectivity index (χ0) is 23.0. The van der Waals surface area contributed by atoms with Crippen LogP contribution in [-0.2, 0) is 9.59 Å². The molecular formula is C21H24N4O6. The second-order valence-corrected chi connectivity index (χ2v) is 6.85. The SMILES string of the molecule is CC(O)C(NC(=O)COc1ccc(C(=O)c2ccc(/N=N/N(C)C)cc2)cc1)C(=O)O. The summed E-state index contributed by atoms with van der Waals surface area (Å²) in [4.78, 5) is 35.4. The number of carbonyl (C=O) groups is 3. The molecule has 0 spiro atoms. The van der Waals surface area contributed by atoms with Crippen LogP contribution in [-0.4, -0.2) is 65.7 Å². The van der Waals surface area contributed by atoms with Crippen LogP contribution in [0, 0.1) is 0 Å². The van der Waals surface area contributed by atoms with Gasteiger partial charge >= 0.3 is 5.97 Å². The Morgan fingerprint density at radius 2 is 1.58 bits per heavy atom. The summed E-state index contributed by atoms with van der Waals surface area (Å²) in [7, 11) is 3.51. The zero-order valence-corrected chi connectivity index (χ0v) is 17.3. The fourth-order valence-corrected chi connectivity index (χ4v) is 2.44. The minimum absolute atomic E-state index is 0.193. The van der Waals surface area contributed by atoms with Crippen molar-refractivity contribution in [2.75, 3.05) is 20.7 Å². The van der Waals surface area contributed by atoms with Gasteiger partial charge in [0.25, 0.3) is 5.91 Å². The quantitative estimate of drug-likeness (QED) is 0.298. The largest absolute Gasteiger partial charge is 0.484 e. The molecule has 0 saturated carbocycles. The van der Waals surface area contributed by atoms with Gasteiger partial charge in [-0.3, -0.25) is 14.6 Å². The van der Waals surface area contributed by atoms with Gasteiger partial charge in [-0.2, -0.15) is 0 Å². The van der Waals surface area contributed by atoms with Gasteiger partial charge < -0.3 is 20.3 Å². The Morgan fingerprint density at radius 3 is 2.06 bits per heavy atom. The highest BCUT2D eigenvalue weighted by Gasteiger charge is 2.25. The third-order valence-electron chi connectivity index (χ3n) is 4.02. The molecule has 164 valence electrons. The minimum Gasteiger partial charge on any atom is -0.484 e. The molecule has 0 fully saturated rings. The summed E-state index contributed by atoms with van der Waals surface area (Å²) in [6.45, 7) is 0.823. The lowest BCUT2D eigenvalue weighted by Crippen LogP contribution is -2.49. The maximum absolute atomic E-state index is 12.6. The van der Waals surface area contributed by atoms with E-state index in [1.807, 2.05) is 0 Å². The van der Waals surface area contributed by atoms with Crippen molar-refractivity contribution >= 4 is 23.3 Å². The molecule has 10 nitrogen and oxygen atoms in total. The van der Waals surface area contributed by atoms with Crippen molar-refractivity contribution in [3.63, 3.8) is 0 Å². The van der Waals surface area contributed by atoms with Gasteiger partial charge in [0, 0.05) is 25.2 Å².